The van der Waals surface area contributed by atoms with Crippen LogP contribution < -0.4 is 9.47 Å². The molecule has 0 amide bonds. The van der Waals surface area contributed by atoms with Gasteiger partial charge in [-0.2, -0.15) is 0 Å². The third kappa shape index (κ3) is 1.36. The monoisotopic (exact) mass is 250 g/mol. The number of carbonyl (C=O) groups is 1. The zero-order valence-corrected chi connectivity index (χ0v) is 10.2. The molecule has 0 radical (unpaired) electrons. The van der Waals surface area contributed by atoms with Crippen LogP contribution in [0.4, 0.5) is 0 Å². The summed E-state index contributed by atoms with van der Waals surface area (Å²) >= 11 is 0. The van der Waals surface area contributed by atoms with E-state index in [9.17, 15) is 15.0 Å². The van der Waals surface area contributed by atoms with Gasteiger partial charge in [0, 0.05) is 24.0 Å². The molecule has 5 heteroatoms. The van der Waals surface area contributed by atoms with Gasteiger partial charge in [-0.3, -0.25) is 0 Å². The van der Waals surface area contributed by atoms with Crippen LogP contribution in [0.25, 0.3) is 0 Å². The maximum absolute atomic E-state index is 11.4. The summed E-state index contributed by atoms with van der Waals surface area (Å²) < 4.78 is 11.1. The van der Waals surface area contributed by atoms with E-state index < -0.39 is 5.97 Å². The van der Waals surface area contributed by atoms with Crippen molar-refractivity contribution in [3.8, 4) is 17.2 Å². The molecule has 1 aromatic carbocycles. The highest BCUT2D eigenvalue weighted by Gasteiger charge is 2.38. The topological polar surface area (TPSA) is 76.0 Å². The Labute approximate surface area is 104 Å². The lowest BCUT2D eigenvalue weighted by Gasteiger charge is -2.11. The maximum atomic E-state index is 11.4. The standard InChI is InChI=1S/C13H14O5/c1-5-3-7-9(13(15)16)11-8(4-6(2)17-11)10(14)12(7)18-5/h5-6,14H,3-4H2,1-2H3,(H,15,16). The Kier molecular flexibility index (Phi) is 2.20. The Balaban J connectivity index is 2.29. The first-order valence-electron chi connectivity index (χ1n) is 5.96. The third-order valence-corrected chi connectivity index (χ3v) is 3.41. The summed E-state index contributed by atoms with van der Waals surface area (Å²) in [7, 11) is 0. The molecule has 0 fully saturated rings. The van der Waals surface area contributed by atoms with E-state index in [1.165, 1.54) is 0 Å². The van der Waals surface area contributed by atoms with Crippen LogP contribution in [-0.2, 0) is 12.8 Å². The van der Waals surface area contributed by atoms with Crippen molar-refractivity contribution in [2.75, 3.05) is 0 Å². The lowest BCUT2D eigenvalue weighted by atomic mass is 9.97. The van der Waals surface area contributed by atoms with Gasteiger partial charge >= 0.3 is 5.97 Å². The number of ether oxygens (including phenoxy) is 2. The Morgan fingerprint density at radius 3 is 2.28 bits per heavy atom. The van der Waals surface area contributed by atoms with Gasteiger partial charge in [0.05, 0.1) is 0 Å². The normalized spacial score (nSPS) is 24.1. The molecule has 0 saturated heterocycles. The van der Waals surface area contributed by atoms with Gasteiger partial charge in [0.2, 0.25) is 0 Å². The van der Waals surface area contributed by atoms with Gasteiger partial charge < -0.3 is 19.7 Å². The van der Waals surface area contributed by atoms with Crippen molar-refractivity contribution in [2.24, 2.45) is 0 Å². The molecule has 2 atom stereocenters. The Morgan fingerprint density at radius 2 is 1.67 bits per heavy atom. The number of rotatable bonds is 1. The van der Waals surface area contributed by atoms with E-state index in [0.717, 1.165) is 0 Å². The van der Waals surface area contributed by atoms with Gasteiger partial charge in [0.15, 0.2) is 11.5 Å². The van der Waals surface area contributed by atoms with Gasteiger partial charge in [0.1, 0.15) is 23.5 Å². The van der Waals surface area contributed by atoms with Crippen molar-refractivity contribution in [3.63, 3.8) is 0 Å². The minimum Gasteiger partial charge on any atom is -0.504 e. The van der Waals surface area contributed by atoms with Crippen LogP contribution in [0.15, 0.2) is 0 Å². The second-order valence-corrected chi connectivity index (χ2v) is 4.91. The number of phenolic OH excluding ortho intramolecular Hbond substituents is 1. The quantitative estimate of drug-likeness (QED) is 0.794. The van der Waals surface area contributed by atoms with Crippen LogP contribution in [-0.4, -0.2) is 28.4 Å². The molecule has 2 aliphatic rings. The van der Waals surface area contributed by atoms with Gasteiger partial charge in [-0.25, -0.2) is 4.79 Å². The second kappa shape index (κ2) is 3.54. The second-order valence-electron chi connectivity index (χ2n) is 4.91. The molecule has 0 bridgehead atoms. The van der Waals surface area contributed by atoms with E-state index in [-0.39, 0.29) is 23.5 Å². The highest BCUT2D eigenvalue weighted by molar-refractivity contribution is 5.96. The molecule has 2 N–H and O–H groups in total. The summed E-state index contributed by atoms with van der Waals surface area (Å²) in [6.07, 6.45) is 0.745. The van der Waals surface area contributed by atoms with Crippen molar-refractivity contribution in [1.82, 2.24) is 0 Å². The van der Waals surface area contributed by atoms with E-state index in [0.29, 0.717) is 35.5 Å². The number of carboxylic acid groups (broad SMARTS) is 1. The molecule has 0 spiro atoms. The number of hydrogen-bond donors (Lipinski definition) is 2. The van der Waals surface area contributed by atoms with Crippen LogP contribution in [0, 0.1) is 0 Å². The molecule has 5 nitrogen and oxygen atoms in total. The minimum absolute atomic E-state index is 0.0405. The molecule has 2 heterocycles. The average molecular weight is 250 g/mol. The fourth-order valence-electron chi connectivity index (χ4n) is 2.72. The van der Waals surface area contributed by atoms with Crippen molar-refractivity contribution >= 4 is 5.97 Å². The molecule has 18 heavy (non-hydrogen) atoms. The first-order valence-corrected chi connectivity index (χ1v) is 5.96. The van der Waals surface area contributed by atoms with Crippen molar-refractivity contribution in [2.45, 2.75) is 38.9 Å². The molecule has 0 aliphatic carbocycles. The summed E-state index contributed by atoms with van der Waals surface area (Å²) in [5, 5.41) is 19.5. The van der Waals surface area contributed by atoms with Gasteiger partial charge in [-0.1, -0.05) is 0 Å². The molecular formula is C13H14O5. The average Bonchev–Trinajstić information content (AvgIpc) is 2.81. The molecule has 0 saturated carbocycles. The van der Waals surface area contributed by atoms with E-state index in [1.807, 2.05) is 13.8 Å². The predicted octanol–water partition coefficient (Wildman–Crippen LogP) is 1.74. The van der Waals surface area contributed by atoms with Gasteiger partial charge in [0.25, 0.3) is 0 Å². The molecule has 2 aliphatic heterocycles. The van der Waals surface area contributed by atoms with Gasteiger partial charge in [-0.05, 0) is 13.8 Å². The summed E-state index contributed by atoms with van der Waals surface area (Å²) in [4.78, 5) is 11.4. The summed E-state index contributed by atoms with van der Waals surface area (Å²) in [6, 6.07) is 0. The van der Waals surface area contributed by atoms with Crippen molar-refractivity contribution in [3.05, 3.63) is 16.7 Å². The summed E-state index contributed by atoms with van der Waals surface area (Å²) in [6.45, 7) is 3.69. The highest BCUT2D eigenvalue weighted by Crippen LogP contribution is 2.50. The first kappa shape index (κ1) is 11.2. The Morgan fingerprint density at radius 1 is 1.11 bits per heavy atom. The molecule has 2 unspecified atom stereocenters. The van der Waals surface area contributed by atoms with Crippen LogP contribution in [0.3, 0.4) is 0 Å². The number of phenols is 1. The zero-order chi connectivity index (χ0) is 13.0. The van der Waals surface area contributed by atoms with Crippen LogP contribution in [0.2, 0.25) is 0 Å². The van der Waals surface area contributed by atoms with Crippen LogP contribution >= 0.6 is 0 Å². The number of carboxylic acids is 1. The van der Waals surface area contributed by atoms with Crippen molar-refractivity contribution < 1.29 is 24.5 Å². The minimum atomic E-state index is -1.03. The largest absolute Gasteiger partial charge is 0.504 e. The van der Waals surface area contributed by atoms with Crippen molar-refractivity contribution in [1.29, 1.82) is 0 Å². The van der Waals surface area contributed by atoms with E-state index >= 15 is 0 Å². The smallest absolute Gasteiger partial charge is 0.339 e. The van der Waals surface area contributed by atoms with Crippen LogP contribution in [0.1, 0.15) is 35.3 Å². The highest BCUT2D eigenvalue weighted by atomic mass is 16.5. The summed E-state index contributed by atoms with van der Waals surface area (Å²) in [5.74, 6) is -0.367. The summed E-state index contributed by atoms with van der Waals surface area (Å²) in [5.41, 5.74) is 1.24. The van der Waals surface area contributed by atoms with E-state index in [2.05, 4.69) is 0 Å². The number of benzene rings is 1. The zero-order valence-electron chi connectivity index (χ0n) is 10.2. The molecule has 0 aromatic heterocycles. The molecular weight excluding hydrogens is 236 g/mol. The number of hydrogen-bond acceptors (Lipinski definition) is 4. The van der Waals surface area contributed by atoms with E-state index in [4.69, 9.17) is 9.47 Å². The van der Waals surface area contributed by atoms with E-state index in [1.54, 1.807) is 0 Å². The fraction of sp³-hybridized carbons (Fsp3) is 0.462. The Hall–Kier alpha value is -1.91. The third-order valence-electron chi connectivity index (χ3n) is 3.41. The lowest BCUT2D eigenvalue weighted by molar-refractivity contribution is 0.0690. The number of aromatic hydroxyl groups is 1. The Bertz CT molecular complexity index is 510. The lowest BCUT2D eigenvalue weighted by Crippen LogP contribution is -2.09. The first-order chi connectivity index (χ1) is 8.49. The van der Waals surface area contributed by atoms with Gasteiger partial charge in [-0.15, -0.1) is 0 Å². The fourth-order valence-corrected chi connectivity index (χ4v) is 2.72. The molecule has 3 rings (SSSR count). The maximum Gasteiger partial charge on any atom is 0.339 e. The van der Waals surface area contributed by atoms with Crippen LogP contribution in [0.5, 0.6) is 17.2 Å². The number of fused-ring (bicyclic) bond motifs is 2. The SMILES string of the molecule is CC1Cc2c(c(O)c3c(c2C(=O)O)OC(C)C3)O1. The molecule has 1 aromatic rings. The number of aromatic carboxylic acids is 1. The predicted molar refractivity (Wildman–Crippen MR) is 62.7 cm³/mol. The molecule has 96 valence electrons.